The van der Waals surface area contributed by atoms with Crippen molar-refractivity contribution in [2.24, 2.45) is 0 Å². The van der Waals surface area contributed by atoms with E-state index in [9.17, 15) is 4.79 Å². The summed E-state index contributed by atoms with van der Waals surface area (Å²) in [6, 6.07) is 4.18. The molecule has 0 aromatic heterocycles. The Morgan fingerprint density at radius 2 is 2.26 bits per heavy atom. The Labute approximate surface area is 160 Å². The Balaban J connectivity index is 1.68. The van der Waals surface area contributed by atoms with Crippen molar-refractivity contribution in [3.63, 3.8) is 0 Å². The summed E-state index contributed by atoms with van der Waals surface area (Å²) in [7, 11) is 3.85. The van der Waals surface area contributed by atoms with Crippen LogP contribution in [-0.4, -0.2) is 50.6 Å². The predicted molar refractivity (Wildman–Crippen MR) is 99.9 cm³/mol. The number of benzene rings is 1. The fourth-order valence-electron chi connectivity index (χ4n) is 4.66. The largest absolute Gasteiger partial charge is 0.493 e. The normalized spacial score (nSPS) is 29.1. The van der Waals surface area contributed by atoms with Gasteiger partial charge in [-0.15, -0.1) is 0 Å². The van der Waals surface area contributed by atoms with Crippen LogP contribution in [-0.2, 0) is 26.2 Å². The Bertz CT molecular complexity index is 761. The van der Waals surface area contributed by atoms with Gasteiger partial charge in [0.1, 0.15) is 6.10 Å². The number of carbonyl (C=O) groups is 1. The molecule has 27 heavy (non-hydrogen) atoms. The summed E-state index contributed by atoms with van der Waals surface area (Å²) in [6.07, 6.45) is 7.10. The Morgan fingerprint density at radius 3 is 3.04 bits per heavy atom. The van der Waals surface area contributed by atoms with Gasteiger partial charge < -0.3 is 23.8 Å². The lowest BCUT2D eigenvalue weighted by Gasteiger charge is -2.39. The van der Waals surface area contributed by atoms with E-state index >= 15 is 0 Å². The maximum atomic E-state index is 11.0. The van der Waals surface area contributed by atoms with Crippen LogP contribution in [0.25, 0.3) is 0 Å². The lowest BCUT2D eigenvalue weighted by molar-refractivity contribution is -0.157. The standard InChI is InChI=1S/C21H27NO5/c1-14(23)25-13-26-16-7-9-21-8-4-10-22(2)12-15-5-6-17(24-3)20(19(15)21)27-18(21)11-16/h5-7,9,16,18H,4,8,10-13H2,1-3H3. The van der Waals surface area contributed by atoms with Crippen LogP contribution in [0.5, 0.6) is 11.5 Å². The maximum absolute atomic E-state index is 11.0. The highest BCUT2D eigenvalue weighted by atomic mass is 16.7. The third-order valence-electron chi connectivity index (χ3n) is 5.90. The maximum Gasteiger partial charge on any atom is 0.304 e. The minimum Gasteiger partial charge on any atom is -0.493 e. The molecule has 3 aliphatic rings. The molecule has 1 aromatic rings. The third kappa shape index (κ3) is 3.21. The quantitative estimate of drug-likeness (QED) is 0.460. The van der Waals surface area contributed by atoms with Crippen LogP contribution >= 0.6 is 0 Å². The molecule has 0 saturated heterocycles. The van der Waals surface area contributed by atoms with E-state index in [1.165, 1.54) is 18.1 Å². The fraction of sp³-hybridized carbons (Fsp3) is 0.571. The van der Waals surface area contributed by atoms with Crippen LogP contribution < -0.4 is 9.47 Å². The smallest absolute Gasteiger partial charge is 0.304 e. The molecular formula is C21H27NO5. The molecule has 146 valence electrons. The highest BCUT2D eigenvalue weighted by molar-refractivity contribution is 5.65. The Hall–Kier alpha value is -2.05. The van der Waals surface area contributed by atoms with Crippen LogP contribution in [0.1, 0.15) is 37.3 Å². The zero-order chi connectivity index (χ0) is 19.0. The molecule has 6 heteroatoms. The lowest BCUT2D eigenvalue weighted by Crippen LogP contribution is -2.44. The van der Waals surface area contributed by atoms with Crippen molar-refractivity contribution in [1.82, 2.24) is 4.90 Å². The number of hydrogen-bond donors (Lipinski definition) is 0. The number of ether oxygens (including phenoxy) is 4. The van der Waals surface area contributed by atoms with Gasteiger partial charge in [0.15, 0.2) is 18.3 Å². The molecular weight excluding hydrogens is 346 g/mol. The fourth-order valence-corrected chi connectivity index (χ4v) is 4.66. The summed E-state index contributed by atoms with van der Waals surface area (Å²) in [4.78, 5) is 13.3. The van der Waals surface area contributed by atoms with E-state index < -0.39 is 0 Å². The Morgan fingerprint density at radius 1 is 1.41 bits per heavy atom. The highest BCUT2D eigenvalue weighted by Gasteiger charge is 2.52. The second-order valence-electron chi connectivity index (χ2n) is 7.67. The summed E-state index contributed by atoms with van der Waals surface area (Å²) in [5.41, 5.74) is 2.44. The number of rotatable bonds is 4. The summed E-state index contributed by atoms with van der Waals surface area (Å²) >= 11 is 0. The summed E-state index contributed by atoms with van der Waals surface area (Å²) in [5, 5.41) is 0. The van der Waals surface area contributed by atoms with Crippen LogP contribution in [0.4, 0.5) is 0 Å². The number of esters is 1. The number of nitrogens with zero attached hydrogens (tertiary/aromatic N) is 1. The average Bonchev–Trinajstić information content (AvgIpc) is 2.95. The van der Waals surface area contributed by atoms with Crippen LogP contribution in [0.15, 0.2) is 24.3 Å². The first-order chi connectivity index (χ1) is 13.0. The van der Waals surface area contributed by atoms with Gasteiger partial charge in [0.2, 0.25) is 0 Å². The van der Waals surface area contributed by atoms with E-state index in [0.717, 1.165) is 43.9 Å². The van der Waals surface area contributed by atoms with Gasteiger partial charge in [0.05, 0.1) is 18.6 Å². The van der Waals surface area contributed by atoms with Gasteiger partial charge in [-0.25, -0.2) is 0 Å². The van der Waals surface area contributed by atoms with Crippen molar-refractivity contribution in [3.8, 4) is 11.5 Å². The average molecular weight is 373 g/mol. The Kier molecular flexibility index (Phi) is 4.86. The van der Waals surface area contributed by atoms with E-state index in [2.05, 4.69) is 30.2 Å². The molecule has 2 aliphatic heterocycles. The summed E-state index contributed by atoms with van der Waals surface area (Å²) < 4.78 is 22.7. The second kappa shape index (κ2) is 7.17. The first-order valence-electron chi connectivity index (χ1n) is 9.53. The zero-order valence-corrected chi connectivity index (χ0v) is 16.2. The summed E-state index contributed by atoms with van der Waals surface area (Å²) in [6.45, 7) is 3.32. The number of hydrogen-bond acceptors (Lipinski definition) is 6. The van der Waals surface area contributed by atoms with Crippen LogP contribution in [0.3, 0.4) is 0 Å². The van der Waals surface area contributed by atoms with Crippen molar-refractivity contribution >= 4 is 5.97 Å². The molecule has 1 aromatic carbocycles. The van der Waals surface area contributed by atoms with Gasteiger partial charge in [0, 0.05) is 25.5 Å². The van der Waals surface area contributed by atoms with Gasteiger partial charge >= 0.3 is 5.97 Å². The molecule has 0 radical (unpaired) electrons. The van der Waals surface area contributed by atoms with Crippen molar-refractivity contribution < 1.29 is 23.7 Å². The van der Waals surface area contributed by atoms with Crippen molar-refractivity contribution in [2.45, 2.75) is 50.4 Å². The van der Waals surface area contributed by atoms with E-state index in [-0.39, 0.29) is 30.4 Å². The van der Waals surface area contributed by atoms with E-state index in [4.69, 9.17) is 18.9 Å². The molecule has 4 rings (SSSR count). The topological polar surface area (TPSA) is 57.2 Å². The van der Waals surface area contributed by atoms with Crippen molar-refractivity contribution in [3.05, 3.63) is 35.4 Å². The van der Waals surface area contributed by atoms with Crippen molar-refractivity contribution in [2.75, 3.05) is 27.5 Å². The molecule has 1 spiro atoms. The first kappa shape index (κ1) is 18.3. The van der Waals surface area contributed by atoms with Gasteiger partial charge in [-0.05, 0) is 38.1 Å². The van der Waals surface area contributed by atoms with Crippen LogP contribution in [0, 0.1) is 0 Å². The van der Waals surface area contributed by atoms with Crippen LogP contribution in [0.2, 0.25) is 0 Å². The lowest BCUT2D eigenvalue weighted by atomic mass is 9.67. The molecule has 2 heterocycles. The molecule has 0 saturated carbocycles. The molecule has 3 atom stereocenters. The number of carbonyl (C=O) groups excluding carboxylic acids is 1. The highest BCUT2D eigenvalue weighted by Crippen LogP contribution is 2.55. The molecule has 6 nitrogen and oxygen atoms in total. The molecule has 0 N–H and O–H groups in total. The van der Waals surface area contributed by atoms with Gasteiger partial charge in [-0.2, -0.15) is 0 Å². The first-order valence-corrected chi connectivity index (χ1v) is 9.53. The molecule has 0 fully saturated rings. The molecule has 0 amide bonds. The predicted octanol–water partition coefficient (Wildman–Crippen LogP) is 2.79. The van der Waals surface area contributed by atoms with Gasteiger partial charge in [0.25, 0.3) is 0 Å². The summed E-state index contributed by atoms with van der Waals surface area (Å²) in [5.74, 6) is 1.33. The third-order valence-corrected chi connectivity index (χ3v) is 5.90. The minimum atomic E-state index is -0.339. The second-order valence-corrected chi connectivity index (χ2v) is 7.67. The number of methoxy groups -OCH3 is 1. The zero-order valence-electron chi connectivity index (χ0n) is 16.2. The van der Waals surface area contributed by atoms with E-state index in [1.807, 2.05) is 6.07 Å². The monoisotopic (exact) mass is 373 g/mol. The minimum absolute atomic E-state index is 0.00159. The van der Waals surface area contributed by atoms with Crippen molar-refractivity contribution in [1.29, 1.82) is 0 Å². The molecule has 3 unspecified atom stereocenters. The molecule has 1 aliphatic carbocycles. The van der Waals surface area contributed by atoms with E-state index in [1.54, 1.807) is 7.11 Å². The van der Waals surface area contributed by atoms with E-state index in [0.29, 0.717) is 0 Å². The van der Waals surface area contributed by atoms with Gasteiger partial charge in [-0.1, -0.05) is 18.2 Å². The SMILES string of the molecule is COc1ccc2c3c1OC1CC(OCOC(C)=O)C=CC31CCCN(C)C2. The molecule has 0 bridgehead atoms. The van der Waals surface area contributed by atoms with Gasteiger partial charge in [-0.3, -0.25) is 4.79 Å².